The molecule has 1 aromatic heterocycles. The van der Waals surface area contributed by atoms with Crippen LogP contribution in [0.15, 0.2) is 27.6 Å². The van der Waals surface area contributed by atoms with Gasteiger partial charge in [-0.25, -0.2) is 18.1 Å². The summed E-state index contributed by atoms with van der Waals surface area (Å²) in [5, 5.41) is 7.51. The van der Waals surface area contributed by atoms with Crippen molar-refractivity contribution in [2.45, 2.75) is 18.7 Å². The third kappa shape index (κ3) is 3.05. The van der Waals surface area contributed by atoms with E-state index in [9.17, 15) is 8.42 Å². The first-order valence-corrected chi connectivity index (χ1v) is 7.83. The Morgan fingerprint density at radius 2 is 1.90 bits per heavy atom. The second kappa shape index (κ2) is 5.33. The van der Waals surface area contributed by atoms with Gasteiger partial charge in [-0.15, -0.1) is 5.10 Å². The number of hydrogen-bond donors (Lipinski definition) is 2. The van der Waals surface area contributed by atoms with Crippen LogP contribution in [0.25, 0.3) is 0 Å². The summed E-state index contributed by atoms with van der Waals surface area (Å²) in [5.74, 6) is -0.0745. The molecule has 9 heteroatoms. The van der Waals surface area contributed by atoms with Crippen LogP contribution < -0.4 is 10.5 Å². The minimum atomic E-state index is -3.80. The van der Waals surface area contributed by atoms with Gasteiger partial charge in [0.1, 0.15) is 0 Å². The number of hydrogen-bond acceptors (Lipinski definition) is 6. The van der Waals surface area contributed by atoms with Gasteiger partial charge in [-0.1, -0.05) is 0 Å². The maximum Gasteiger partial charge on any atom is 0.264 e. The molecule has 0 aliphatic carbocycles. The quantitative estimate of drug-likeness (QED) is 0.807. The normalized spacial score (nSPS) is 11.3. The van der Waals surface area contributed by atoms with Crippen molar-refractivity contribution in [2.75, 3.05) is 10.5 Å². The van der Waals surface area contributed by atoms with E-state index < -0.39 is 10.0 Å². The molecule has 0 amide bonds. The summed E-state index contributed by atoms with van der Waals surface area (Å²) in [7, 11) is -3.80. The Hall–Kier alpha value is -1.74. The van der Waals surface area contributed by atoms with Crippen molar-refractivity contribution in [3.05, 3.63) is 34.1 Å². The van der Waals surface area contributed by atoms with E-state index in [-0.39, 0.29) is 10.8 Å². The van der Waals surface area contributed by atoms with Gasteiger partial charge in [0, 0.05) is 10.2 Å². The standard InChI is InChI=1S/C11H12BrN5O2S/c1-6-7(2)15-16-11(14-6)17-20(18,19)8-3-4-9(12)10(13)5-8/h3-5H,13H2,1-2H3,(H,14,16,17). The van der Waals surface area contributed by atoms with Crippen molar-refractivity contribution in [3.8, 4) is 0 Å². The Bertz CT molecular complexity index is 763. The number of nitrogen functional groups attached to an aromatic ring is 1. The number of rotatable bonds is 3. The number of nitrogens with zero attached hydrogens (tertiary/aromatic N) is 3. The zero-order valence-electron chi connectivity index (χ0n) is 10.8. The summed E-state index contributed by atoms with van der Waals surface area (Å²) >= 11 is 3.21. The monoisotopic (exact) mass is 357 g/mol. The fourth-order valence-corrected chi connectivity index (χ4v) is 2.59. The Balaban J connectivity index is 2.35. The lowest BCUT2D eigenvalue weighted by atomic mass is 10.3. The molecule has 0 bridgehead atoms. The number of anilines is 2. The highest BCUT2D eigenvalue weighted by molar-refractivity contribution is 9.10. The van der Waals surface area contributed by atoms with E-state index in [0.29, 0.717) is 21.5 Å². The number of nitrogens with two attached hydrogens (primary N) is 1. The zero-order chi connectivity index (χ0) is 14.9. The first-order valence-electron chi connectivity index (χ1n) is 5.55. The zero-order valence-corrected chi connectivity index (χ0v) is 13.2. The number of aryl methyl sites for hydroxylation is 2. The highest BCUT2D eigenvalue weighted by Crippen LogP contribution is 2.23. The number of aromatic nitrogens is 3. The summed E-state index contributed by atoms with van der Waals surface area (Å²) in [4.78, 5) is 4.05. The Morgan fingerprint density at radius 1 is 1.20 bits per heavy atom. The van der Waals surface area contributed by atoms with Crippen LogP contribution in [0, 0.1) is 13.8 Å². The van der Waals surface area contributed by atoms with Crippen LogP contribution in [0.1, 0.15) is 11.4 Å². The fourth-order valence-electron chi connectivity index (χ4n) is 1.37. The molecule has 0 unspecified atom stereocenters. The summed E-state index contributed by atoms with van der Waals surface area (Å²) in [5.41, 5.74) is 7.24. The minimum Gasteiger partial charge on any atom is -0.398 e. The van der Waals surface area contributed by atoms with E-state index >= 15 is 0 Å². The second-order valence-corrected chi connectivity index (χ2v) is 6.63. The molecule has 0 fully saturated rings. The third-order valence-corrected chi connectivity index (χ3v) is 4.64. The van der Waals surface area contributed by atoms with Crippen LogP contribution in [0.2, 0.25) is 0 Å². The van der Waals surface area contributed by atoms with Gasteiger partial charge in [-0.2, -0.15) is 5.10 Å². The summed E-state index contributed by atoms with van der Waals surface area (Å²) in [6.07, 6.45) is 0. The largest absolute Gasteiger partial charge is 0.398 e. The van der Waals surface area contributed by atoms with Gasteiger partial charge in [0.05, 0.1) is 16.3 Å². The van der Waals surface area contributed by atoms with Crippen LogP contribution in [-0.2, 0) is 10.0 Å². The van der Waals surface area contributed by atoms with E-state index in [1.807, 2.05) is 0 Å². The minimum absolute atomic E-state index is 0.0278. The molecule has 2 rings (SSSR count). The molecule has 2 aromatic rings. The highest BCUT2D eigenvalue weighted by atomic mass is 79.9. The molecule has 7 nitrogen and oxygen atoms in total. The van der Waals surface area contributed by atoms with Crippen molar-refractivity contribution < 1.29 is 8.42 Å². The van der Waals surface area contributed by atoms with E-state index in [0.717, 1.165) is 0 Å². The van der Waals surface area contributed by atoms with Gasteiger partial charge in [-0.3, -0.25) is 0 Å². The van der Waals surface area contributed by atoms with E-state index in [2.05, 4.69) is 35.8 Å². The molecule has 0 atom stereocenters. The van der Waals surface area contributed by atoms with Crippen LogP contribution in [0.5, 0.6) is 0 Å². The molecule has 3 N–H and O–H groups in total. The lowest BCUT2D eigenvalue weighted by Crippen LogP contribution is -2.16. The van der Waals surface area contributed by atoms with Gasteiger partial charge in [-0.05, 0) is 48.0 Å². The van der Waals surface area contributed by atoms with Gasteiger partial charge < -0.3 is 5.73 Å². The van der Waals surface area contributed by atoms with Gasteiger partial charge in [0.15, 0.2) is 0 Å². The van der Waals surface area contributed by atoms with Crippen molar-refractivity contribution in [3.63, 3.8) is 0 Å². The van der Waals surface area contributed by atoms with Crippen molar-refractivity contribution in [1.82, 2.24) is 15.2 Å². The van der Waals surface area contributed by atoms with Gasteiger partial charge in [0.2, 0.25) is 0 Å². The highest BCUT2D eigenvalue weighted by Gasteiger charge is 2.17. The van der Waals surface area contributed by atoms with E-state index in [1.165, 1.54) is 12.1 Å². The first-order chi connectivity index (χ1) is 9.29. The number of nitrogens with one attached hydrogen (secondary N) is 1. The topological polar surface area (TPSA) is 111 Å². The molecule has 106 valence electrons. The van der Waals surface area contributed by atoms with E-state index in [4.69, 9.17) is 5.73 Å². The molecular formula is C11H12BrN5O2S. The SMILES string of the molecule is Cc1nnc(NS(=O)(=O)c2ccc(Br)c(N)c2)nc1C. The number of benzene rings is 1. The lowest BCUT2D eigenvalue weighted by molar-refractivity contribution is 0.600. The smallest absolute Gasteiger partial charge is 0.264 e. The summed E-state index contributed by atoms with van der Waals surface area (Å²) < 4.78 is 27.2. The number of halogens is 1. The van der Waals surface area contributed by atoms with Gasteiger partial charge in [0.25, 0.3) is 16.0 Å². The van der Waals surface area contributed by atoms with Crippen LogP contribution in [0.4, 0.5) is 11.6 Å². The molecule has 0 aliphatic heterocycles. The summed E-state index contributed by atoms with van der Waals surface area (Å²) in [6.45, 7) is 3.46. The van der Waals surface area contributed by atoms with Crippen LogP contribution in [-0.4, -0.2) is 23.6 Å². The molecule has 20 heavy (non-hydrogen) atoms. The molecule has 0 saturated carbocycles. The summed E-state index contributed by atoms with van der Waals surface area (Å²) in [6, 6.07) is 4.33. The molecular weight excluding hydrogens is 346 g/mol. The maximum absolute atomic E-state index is 12.2. The molecule has 1 aromatic carbocycles. The van der Waals surface area contributed by atoms with Gasteiger partial charge >= 0.3 is 0 Å². The molecule has 0 radical (unpaired) electrons. The average molecular weight is 358 g/mol. The maximum atomic E-state index is 12.2. The number of sulfonamides is 1. The Kier molecular flexibility index (Phi) is 3.91. The lowest BCUT2D eigenvalue weighted by Gasteiger charge is -2.08. The fraction of sp³-hybridized carbons (Fsp3) is 0.182. The van der Waals surface area contributed by atoms with Crippen LogP contribution in [0.3, 0.4) is 0 Å². The Labute approximate surface area is 124 Å². The van der Waals surface area contributed by atoms with Crippen molar-refractivity contribution in [1.29, 1.82) is 0 Å². The Morgan fingerprint density at radius 3 is 2.50 bits per heavy atom. The second-order valence-electron chi connectivity index (χ2n) is 4.10. The predicted molar refractivity (Wildman–Crippen MR) is 78.7 cm³/mol. The molecule has 1 heterocycles. The average Bonchev–Trinajstić information content (AvgIpc) is 2.37. The molecule has 0 spiro atoms. The van der Waals surface area contributed by atoms with Crippen molar-refractivity contribution >= 4 is 37.6 Å². The third-order valence-electron chi connectivity index (χ3n) is 2.60. The first kappa shape index (κ1) is 14.7. The van der Waals surface area contributed by atoms with Crippen LogP contribution >= 0.6 is 15.9 Å². The van der Waals surface area contributed by atoms with E-state index in [1.54, 1.807) is 19.9 Å². The molecule has 0 aliphatic rings. The van der Waals surface area contributed by atoms with Crippen molar-refractivity contribution in [2.24, 2.45) is 0 Å². The predicted octanol–water partition coefficient (Wildman–Crippen LogP) is 1.63. The molecule has 0 saturated heterocycles.